The van der Waals surface area contributed by atoms with Crippen molar-refractivity contribution in [3.8, 4) is 11.5 Å². The van der Waals surface area contributed by atoms with Crippen molar-refractivity contribution in [2.24, 2.45) is 11.8 Å². The van der Waals surface area contributed by atoms with E-state index >= 15 is 0 Å². The van der Waals surface area contributed by atoms with E-state index in [2.05, 4.69) is 13.5 Å². The molecule has 2 fully saturated rings. The predicted molar refractivity (Wildman–Crippen MR) is 129 cm³/mol. The van der Waals surface area contributed by atoms with Crippen LogP contribution in [0.2, 0.25) is 0 Å². The van der Waals surface area contributed by atoms with E-state index in [9.17, 15) is 18.0 Å². The molecule has 0 amide bonds. The highest BCUT2D eigenvalue weighted by Crippen LogP contribution is 2.40. The third-order valence-electron chi connectivity index (χ3n) is 7.59. The van der Waals surface area contributed by atoms with Crippen LogP contribution in [0.1, 0.15) is 81.3 Å². The van der Waals surface area contributed by atoms with Crippen LogP contribution in [0.5, 0.6) is 11.5 Å². The molecule has 2 aromatic rings. The van der Waals surface area contributed by atoms with Crippen LogP contribution >= 0.6 is 0 Å². The van der Waals surface area contributed by atoms with Gasteiger partial charge in [-0.1, -0.05) is 44.6 Å². The highest BCUT2D eigenvalue weighted by atomic mass is 19.2. The molecule has 35 heavy (non-hydrogen) atoms. The fourth-order valence-corrected chi connectivity index (χ4v) is 5.40. The van der Waals surface area contributed by atoms with E-state index in [-0.39, 0.29) is 29.9 Å². The van der Waals surface area contributed by atoms with Crippen LogP contribution in [0.3, 0.4) is 0 Å². The lowest BCUT2D eigenvalue weighted by Crippen LogP contribution is -2.25. The molecular weight excluding hydrogens is 453 g/mol. The SMILES string of the molecule is C=CCOc1ccc(C2CCC(C(=O)Oc3ccc(C4CCC(C)CC4)c(F)c3F)CC2)cc1F. The molecule has 2 aliphatic carbocycles. The summed E-state index contributed by atoms with van der Waals surface area (Å²) >= 11 is 0. The average molecular weight is 487 g/mol. The second kappa shape index (κ2) is 11.3. The summed E-state index contributed by atoms with van der Waals surface area (Å²) in [4.78, 5) is 12.7. The van der Waals surface area contributed by atoms with Crippen molar-refractivity contribution in [2.75, 3.05) is 6.61 Å². The molecule has 0 radical (unpaired) electrons. The van der Waals surface area contributed by atoms with Gasteiger partial charge in [-0.05, 0) is 85.6 Å². The Kier molecular flexibility index (Phi) is 8.19. The van der Waals surface area contributed by atoms with Gasteiger partial charge in [0.25, 0.3) is 0 Å². The molecule has 2 saturated carbocycles. The van der Waals surface area contributed by atoms with Gasteiger partial charge in [0, 0.05) is 0 Å². The van der Waals surface area contributed by atoms with Crippen LogP contribution in [0.15, 0.2) is 43.0 Å². The quantitative estimate of drug-likeness (QED) is 0.227. The molecule has 188 valence electrons. The van der Waals surface area contributed by atoms with Crippen molar-refractivity contribution in [2.45, 2.75) is 70.1 Å². The first-order chi connectivity index (χ1) is 16.9. The third-order valence-corrected chi connectivity index (χ3v) is 7.59. The number of carbonyl (C=O) groups is 1. The Labute approximate surface area is 205 Å². The first-order valence-corrected chi connectivity index (χ1v) is 12.6. The van der Waals surface area contributed by atoms with Crippen LogP contribution in [0, 0.1) is 29.3 Å². The average Bonchev–Trinajstić information content (AvgIpc) is 2.87. The number of esters is 1. The Balaban J connectivity index is 1.34. The molecule has 3 nitrogen and oxygen atoms in total. The third kappa shape index (κ3) is 5.91. The highest BCUT2D eigenvalue weighted by Gasteiger charge is 2.31. The number of carbonyl (C=O) groups excluding carboxylic acids is 1. The number of rotatable bonds is 7. The summed E-state index contributed by atoms with van der Waals surface area (Å²) in [5.41, 5.74) is 1.24. The lowest BCUT2D eigenvalue weighted by molar-refractivity contribution is -0.140. The summed E-state index contributed by atoms with van der Waals surface area (Å²) in [6, 6.07) is 7.89. The largest absolute Gasteiger partial charge is 0.486 e. The van der Waals surface area contributed by atoms with Gasteiger partial charge < -0.3 is 9.47 Å². The van der Waals surface area contributed by atoms with Crippen molar-refractivity contribution in [1.29, 1.82) is 0 Å². The molecular formula is C29H33F3O3. The number of ether oxygens (including phenoxy) is 2. The summed E-state index contributed by atoms with van der Waals surface area (Å²) in [6.07, 6.45) is 7.70. The fraction of sp³-hybridized carbons (Fsp3) is 0.483. The molecule has 0 spiro atoms. The van der Waals surface area contributed by atoms with E-state index < -0.39 is 29.3 Å². The minimum atomic E-state index is -1.09. The zero-order valence-electron chi connectivity index (χ0n) is 20.2. The second-order valence-electron chi connectivity index (χ2n) is 10.00. The minimum Gasteiger partial charge on any atom is -0.486 e. The Hall–Kier alpha value is -2.76. The zero-order chi connectivity index (χ0) is 24.9. The molecule has 0 unspecified atom stereocenters. The second-order valence-corrected chi connectivity index (χ2v) is 10.00. The normalized spacial score (nSPS) is 24.6. The molecule has 0 heterocycles. The van der Waals surface area contributed by atoms with Gasteiger partial charge in [-0.15, -0.1) is 0 Å². The van der Waals surface area contributed by atoms with Gasteiger partial charge in [0.1, 0.15) is 6.61 Å². The van der Waals surface area contributed by atoms with E-state index in [1.807, 2.05) is 6.07 Å². The van der Waals surface area contributed by atoms with E-state index in [0.717, 1.165) is 31.2 Å². The van der Waals surface area contributed by atoms with Crippen LogP contribution < -0.4 is 9.47 Å². The molecule has 2 aromatic carbocycles. The lowest BCUT2D eigenvalue weighted by Gasteiger charge is -2.28. The van der Waals surface area contributed by atoms with Gasteiger partial charge in [-0.2, -0.15) is 4.39 Å². The van der Waals surface area contributed by atoms with Gasteiger partial charge in [0.15, 0.2) is 23.1 Å². The van der Waals surface area contributed by atoms with Crippen molar-refractivity contribution < 1.29 is 27.4 Å². The van der Waals surface area contributed by atoms with Crippen LogP contribution in [0.25, 0.3) is 0 Å². The first kappa shape index (κ1) is 25.3. The predicted octanol–water partition coefficient (Wildman–Crippen LogP) is 7.84. The maximum Gasteiger partial charge on any atom is 0.314 e. The lowest BCUT2D eigenvalue weighted by atomic mass is 9.78. The number of halogens is 3. The molecule has 0 bridgehead atoms. The van der Waals surface area contributed by atoms with Crippen LogP contribution in [-0.2, 0) is 4.79 Å². The minimum absolute atomic E-state index is 0.00757. The summed E-state index contributed by atoms with van der Waals surface area (Å²) in [6.45, 7) is 5.96. The van der Waals surface area contributed by atoms with Crippen LogP contribution in [0.4, 0.5) is 13.2 Å². The molecule has 0 aromatic heterocycles. The van der Waals surface area contributed by atoms with Gasteiger partial charge >= 0.3 is 5.97 Å². The summed E-state index contributed by atoms with van der Waals surface area (Å²) in [7, 11) is 0. The Morgan fingerprint density at radius 1 is 0.914 bits per heavy atom. The summed E-state index contributed by atoms with van der Waals surface area (Å²) < 4.78 is 54.4. The molecule has 0 N–H and O–H groups in total. The summed E-state index contributed by atoms with van der Waals surface area (Å²) in [5.74, 6) is -2.77. The first-order valence-electron chi connectivity index (χ1n) is 12.6. The van der Waals surface area contributed by atoms with Crippen molar-refractivity contribution in [3.63, 3.8) is 0 Å². The smallest absolute Gasteiger partial charge is 0.314 e. The van der Waals surface area contributed by atoms with Gasteiger partial charge in [-0.3, -0.25) is 4.79 Å². The van der Waals surface area contributed by atoms with Crippen molar-refractivity contribution in [3.05, 3.63) is 71.6 Å². The van der Waals surface area contributed by atoms with E-state index in [1.165, 1.54) is 12.1 Å². The highest BCUT2D eigenvalue weighted by molar-refractivity contribution is 5.75. The number of hydrogen-bond acceptors (Lipinski definition) is 3. The molecule has 4 rings (SSSR count). The van der Waals surface area contributed by atoms with E-state index in [0.29, 0.717) is 37.2 Å². The Bertz CT molecular complexity index is 1050. The Morgan fingerprint density at radius 3 is 2.23 bits per heavy atom. The van der Waals surface area contributed by atoms with Gasteiger partial charge in [0.2, 0.25) is 5.82 Å². The molecule has 0 saturated heterocycles. The van der Waals surface area contributed by atoms with E-state index in [1.54, 1.807) is 18.2 Å². The van der Waals surface area contributed by atoms with Crippen LogP contribution in [-0.4, -0.2) is 12.6 Å². The number of benzene rings is 2. The summed E-state index contributed by atoms with van der Waals surface area (Å²) in [5, 5.41) is 0. The standard InChI is InChI=1S/C29H33F3O3/c1-3-16-34-25-14-12-22(17-24(25)30)19-8-10-21(11-9-19)29(33)35-26-15-13-23(27(31)28(26)32)20-6-4-18(2)5-7-20/h3,12-15,17-21H,1,4-11,16H2,2H3. The zero-order valence-corrected chi connectivity index (χ0v) is 20.2. The Morgan fingerprint density at radius 2 is 1.57 bits per heavy atom. The van der Waals surface area contributed by atoms with Crippen molar-refractivity contribution in [1.82, 2.24) is 0 Å². The van der Waals surface area contributed by atoms with Gasteiger partial charge in [-0.25, -0.2) is 8.78 Å². The van der Waals surface area contributed by atoms with Crippen molar-refractivity contribution >= 4 is 5.97 Å². The maximum atomic E-state index is 14.8. The van der Waals surface area contributed by atoms with Gasteiger partial charge in [0.05, 0.1) is 5.92 Å². The van der Waals surface area contributed by atoms with E-state index in [4.69, 9.17) is 9.47 Å². The molecule has 2 aliphatic rings. The molecule has 0 atom stereocenters. The fourth-order valence-electron chi connectivity index (χ4n) is 5.40. The topological polar surface area (TPSA) is 35.5 Å². The molecule has 6 heteroatoms. The number of hydrogen-bond donors (Lipinski definition) is 0. The molecule has 0 aliphatic heterocycles. The monoisotopic (exact) mass is 486 g/mol. The maximum absolute atomic E-state index is 14.8.